The van der Waals surface area contributed by atoms with Crippen molar-refractivity contribution >= 4 is 21.4 Å². The zero-order valence-corrected chi connectivity index (χ0v) is 14.2. The summed E-state index contributed by atoms with van der Waals surface area (Å²) in [5, 5.41) is 4.42. The van der Waals surface area contributed by atoms with E-state index in [0.717, 1.165) is 36.8 Å². The molecule has 0 saturated heterocycles. The predicted octanol–water partition coefficient (Wildman–Crippen LogP) is 1.59. The van der Waals surface area contributed by atoms with Gasteiger partial charge in [0.05, 0.1) is 10.6 Å². The van der Waals surface area contributed by atoms with Crippen LogP contribution < -0.4 is 4.90 Å². The summed E-state index contributed by atoms with van der Waals surface area (Å²) in [5.41, 5.74) is 3.15. The van der Waals surface area contributed by atoms with Gasteiger partial charge in [-0.2, -0.15) is 5.10 Å². The molecular formula is C16H19N3O3S. The van der Waals surface area contributed by atoms with Gasteiger partial charge in [0, 0.05) is 31.6 Å². The molecule has 0 radical (unpaired) electrons. The summed E-state index contributed by atoms with van der Waals surface area (Å²) >= 11 is 0. The molecule has 0 atom stereocenters. The Morgan fingerprint density at radius 3 is 2.74 bits per heavy atom. The zero-order chi connectivity index (χ0) is 16.8. The number of carbonyl (C=O) groups excluding carboxylic acids is 1. The second-order valence-electron chi connectivity index (χ2n) is 5.88. The number of aromatic nitrogens is 2. The fourth-order valence-electron chi connectivity index (χ4n) is 2.99. The zero-order valence-electron chi connectivity index (χ0n) is 13.4. The van der Waals surface area contributed by atoms with Gasteiger partial charge in [-0.3, -0.25) is 9.48 Å². The molecule has 0 N–H and O–H groups in total. The number of hydrogen-bond acceptors (Lipinski definition) is 4. The number of sulfone groups is 1. The molecule has 2 aromatic rings. The SMILES string of the molecule is CN(C(=O)c1c2c(nn1C)CCC2)c1cccc(S(C)(=O)=O)c1. The second-order valence-corrected chi connectivity index (χ2v) is 7.90. The number of fused-ring (bicyclic) bond motifs is 1. The molecule has 1 aliphatic carbocycles. The minimum absolute atomic E-state index is 0.172. The minimum atomic E-state index is -3.31. The van der Waals surface area contributed by atoms with Gasteiger partial charge in [0.25, 0.3) is 5.91 Å². The van der Waals surface area contributed by atoms with Crippen molar-refractivity contribution in [2.24, 2.45) is 7.05 Å². The second kappa shape index (κ2) is 5.49. The van der Waals surface area contributed by atoms with Gasteiger partial charge < -0.3 is 4.90 Å². The first-order valence-electron chi connectivity index (χ1n) is 7.42. The maximum atomic E-state index is 12.9. The smallest absolute Gasteiger partial charge is 0.276 e. The van der Waals surface area contributed by atoms with Crippen molar-refractivity contribution in [3.05, 3.63) is 41.2 Å². The highest BCUT2D eigenvalue weighted by Crippen LogP contribution is 2.27. The average molecular weight is 333 g/mol. The highest BCUT2D eigenvalue weighted by atomic mass is 32.2. The van der Waals surface area contributed by atoms with Crippen LogP contribution in [0.2, 0.25) is 0 Å². The van der Waals surface area contributed by atoms with E-state index in [1.165, 1.54) is 17.0 Å². The van der Waals surface area contributed by atoms with Crippen LogP contribution in [0.1, 0.15) is 28.2 Å². The first-order valence-corrected chi connectivity index (χ1v) is 9.31. The van der Waals surface area contributed by atoms with Crippen LogP contribution >= 0.6 is 0 Å². The monoisotopic (exact) mass is 333 g/mol. The Bertz CT molecular complexity index is 884. The van der Waals surface area contributed by atoms with Crippen LogP contribution in [0.15, 0.2) is 29.2 Å². The van der Waals surface area contributed by atoms with Crippen molar-refractivity contribution in [2.45, 2.75) is 24.2 Å². The number of hydrogen-bond donors (Lipinski definition) is 0. The van der Waals surface area contributed by atoms with Gasteiger partial charge in [-0.1, -0.05) is 6.07 Å². The molecule has 7 heteroatoms. The topological polar surface area (TPSA) is 72.3 Å². The molecule has 0 unspecified atom stereocenters. The highest BCUT2D eigenvalue weighted by molar-refractivity contribution is 7.90. The summed E-state index contributed by atoms with van der Waals surface area (Å²) < 4.78 is 25.0. The summed E-state index contributed by atoms with van der Waals surface area (Å²) in [7, 11) is 0.109. The van der Waals surface area contributed by atoms with Crippen molar-refractivity contribution in [1.82, 2.24) is 9.78 Å². The van der Waals surface area contributed by atoms with Gasteiger partial charge in [0.1, 0.15) is 5.69 Å². The molecule has 23 heavy (non-hydrogen) atoms. The van der Waals surface area contributed by atoms with Crippen molar-refractivity contribution in [3.63, 3.8) is 0 Å². The maximum Gasteiger partial charge on any atom is 0.276 e. The number of rotatable bonds is 3. The van der Waals surface area contributed by atoms with E-state index in [1.54, 1.807) is 30.9 Å². The number of carbonyl (C=O) groups is 1. The van der Waals surface area contributed by atoms with Crippen LogP contribution in [0, 0.1) is 0 Å². The van der Waals surface area contributed by atoms with Crippen LogP contribution in [0.4, 0.5) is 5.69 Å². The molecular weight excluding hydrogens is 314 g/mol. The minimum Gasteiger partial charge on any atom is -0.310 e. The third-order valence-corrected chi connectivity index (χ3v) is 5.32. The van der Waals surface area contributed by atoms with Gasteiger partial charge in [0.2, 0.25) is 0 Å². The Labute approximate surface area is 135 Å². The summed E-state index contributed by atoms with van der Waals surface area (Å²) in [4.78, 5) is 14.5. The van der Waals surface area contributed by atoms with Crippen molar-refractivity contribution in [1.29, 1.82) is 0 Å². The Morgan fingerprint density at radius 1 is 1.30 bits per heavy atom. The molecule has 3 rings (SSSR count). The van der Waals surface area contributed by atoms with Gasteiger partial charge in [-0.15, -0.1) is 0 Å². The lowest BCUT2D eigenvalue weighted by Gasteiger charge is -2.18. The van der Waals surface area contributed by atoms with Crippen molar-refractivity contribution < 1.29 is 13.2 Å². The molecule has 1 heterocycles. The lowest BCUT2D eigenvalue weighted by atomic mass is 10.1. The Morgan fingerprint density at radius 2 is 2.04 bits per heavy atom. The number of amides is 1. The van der Waals surface area contributed by atoms with Crippen LogP contribution in [-0.2, 0) is 29.7 Å². The van der Waals surface area contributed by atoms with Gasteiger partial charge in [-0.25, -0.2) is 8.42 Å². The van der Waals surface area contributed by atoms with Crippen LogP contribution in [0.3, 0.4) is 0 Å². The fraction of sp³-hybridized carbons (Fsp3) is 0.375. The Hall–Kier alpha value is -2.15. The molecule has 0 aliphatic heterocycles. The molecule has 1 amide bonds. The summed E-state index contributed by atoms with van der Waals surface area (Å²) in [6.45, 7) is 0. The lowest BCUT2D eigenvalue weighted by Crippen LogP contribution is -2.29. The molecule has 1 aromatic heterocycles. The number of benzene rings is 1. The molecule has 122 valence electrons. The van der Waals surface area contributed by atoms with E-state index >= 15 is 0 Å². The highest BCUT2D eigenvalue weighted by Gasteiger charge is 2.27. The van der Waals surface area contributed by atoms with E-state index < -0.39 is 9.84 Å². The fourth-order valence-corrected chi connectivity index (χ4v) is 3.65. The van der Waals surface area contributed by atoms with Crippen molar-refractivity contribution in [3.8, 4) is 0 Å². The first-order chi connectivity index (χ1) is 10.8. The molecule has 0 saturated carbocycles. The molecule has 0 bridgehead atoms. The standard InChI is InChI=1S/C16H19N3O3S/c1-18(11-6-4-7-12(10-11)23(3,21)22)16(20)15-13-8-5-9-14(13)17-19(15)2/h4,6-7,10H,5,8-9H2,1-3H3. The van der Waals surface area contributed by atoms with E-state index in [2.05, 4.69) is 5.10 Å². The lowest BCUT2D eigenvalue weighted by molar-refractivity contribution is 0.0983. The quantitative estimate of drug-likeness (QED) is 0.855. The summed E-state index contributed by atoms with van der Waals surface area (Å²) in [5.74, 6) is -0.172. The predicted molar refractivity (Wildman–Crippen MR) is 87.5 cm³/mol. The largest absolute Gasteiger partial charge is 0.310 e. The van der Waals surface area contributed by atoms with Crippen LogP contribution in [0.25, 0.3) is 0 Å². The van der Waals surface area contributed by atoms with Gasteiger partial charge >= 0.3 is 0 Å². The van der Waals surface area contributed by atoms with Crippen LogP contribution in [0.5, 0.6) is 0 Å². The summed E-state index contributed by atoms with van der Waals surface area (Å²) in [6.07, 6.45) is 3.94. The van der Waals surface area contributed by atoms with Crippen LogP contribution in [-0.4, -0.2) is 37.4 Å². The third kappa shape index (κ3) is 2.76. The van der Waals surface area contributed by atoms with E-state index in [-0.39, 0.29) is 10.8 Å². The Kier molecular flexibility index (Phi) is 3.75. The number of anilines is 1. The molecule has 6 nitrogen and oxygen atoms in total. The maximum absolute atomic E-state index is 12.9. The van der Waals surface area contributed by atoms with E-state index in [9.17, 15) is 13.2 Å². The number of aryl methyl sites for hydroxylation is 2. The third-order valence-electron chi connectivity index (χ3n) is 4.21. The van der Waals surface area contributed by atoms with E-state index in [0.29, 0.717) is 11.4 Å². The average Bonchev–Trinajstić information content (AvgIpc) is 3.05. The first kappa shape index (κ1) is 15.7. The normalized spacial score (nSPS) is 13.9. The van der Waals surface area contributed by atoms with Gasteiger partial charge in [-0.05, 0) is 37.5 Å². The van der Waals surface area contributed by atoms with Gasteiger partial charge in [0.15, 0.2) is 9.84 Å². The molecule has 1 aromatic carbocycles. The molecule has 1 aliphatic rings. The van der Waals surface area contributed by atoms with Crippen molar-refractivity contribution in [2.75, 3.05) is 18.2 Å². The molecule has 0 fully saturated rings. The van der Waals surface area contributed by atoms with E-state index in [1.807, 2.05) is 0 Å². The number of nitrogens with zero attached hydrogens (tertiary/aromatic N) is 3. The molecule has 0 spiro atoms. The Balaban J connectivity index is 1.98. The van der Waals surface area contributed by atoms with E-state index in [4.69, 9.17) is 0 Å². The summed E-state index contributed by atoms with van der Waals surface area (Å²) in [6, 6.07) is 6.41.